The topological polar surface area (TPSA) is 58.1 Å². The number of carbonyl (C=O) groups excluding carboxylic acids is 1. The summed E-state index contributed by atoms with van der Waals surface area (Å²) < 4.78 is 0. The third-order valence-electron chi connectivity index (χ3n) is 3.98. The van der Waals surface area contributed by atoms with Crippen molar-refractivity contribution in [2.75, 3.05) is 25.4 Å². The van der Waals surface area contributed by atoms with Gasteiger partial charge in [-0.25, -0.2) is 9.97 Å². The van der Waals surface area contributed by atoms with E-state index in [0.717, 1.165) is 34.9 Å². The van der Waals surface area contributed by atoms with Crippen LogP contribution in [0.5, 0.6) is 0 Å². The summed E-state index contributed by atoms with van der Waals surface area (Å²) in [5, 5.41) is 5.38. The number of halogens is 1. The standard InChI is InChI=1S/C15H20N4OS2.ClH/c1-9-6-19(5-4-16-9)12(20)7-21-14-13-10(2)11(3)22-15(13)18-8-17-14;/h8-9,16H,4-7H2,1-3H3;1H. The van der Waals surface area contributed by atoms with Crippen LogP contribution in [0.2, 0.25) is 0 Å². The summed E-state index contributed by atoms with van der Waals surface area (Å²) in [4.78, 5) is 25.3. The van der Waals surface area contributed by atoms with E-state index in [1.807, 2.05) is 4.90 Å². The van der Waals surface area contributed by atoms with Crippen molar-refractivity contribution in [3.8, 4) is 0 Å². The summed E-state index contributed by atoms with van der Waals surface area (Å²) in [6.45, 7) is 8.76. The minimum atomic E-state index is 0. The van der Waals surface area contributed by atoms with Crippen LogP contribution < -0.4 is 5.32 Å². The summed E-state index contributed by atoms with van der Waals surface area (Å²) in [5.74, 6) is 0.627. The van der Waals surface area contributed by atoms with Gasteiger partial charge in [-0.3, -0.25) is 4.79 Å². The molecule has 0 saturated carbocycles. The number of aryl methyl sites for hydroxylation is 2. The lowest BCUT2D eigenvalue weighted by atomic mass is 10.2. The summed E-state index contributed by atoms with van der Waals surface area (Å²) in [6, 6.07) is 0.371. The van der Waals surface area contributed by atoms with Crippen molar-refractivity contribution in [1.29, 1.82) is 0 Å². The second-order valence-electron chi connectivity index (χ2n) is 5.63. The van der Waals surface area contributed by atoms with Gasteiger partial charge in [-0.15, -0.1) is 23.7 Å². The summed E-state index contributed by atoms with van der Waals surface area (Å²) >= 11 is 3.21. The average Bonchev–Trinajstić information content (AvgIpc) is 2.80. The minimum absolute atomic E-state index is 0. The minimum Gasteiger partial charge on any atom is -0.339 e. The number of carbonyl (C=O) groups is 1. The van der Waals surface area contributed by atoms with E-state index in [1.54, 1.807) is 17.7 Å². The predicted molar refractivity (Wildman–Crippen MR) is 98.9 cm³/mol. The molecule has 0 radical (unpaired) electrons. The molecule has 5 nitrogen and oxygen atoms in total. The number of nitrogens with one attached hydrogen (secondary N) is 1. The number of fused-ring (bicyclic) bond motifs is 1. The van der Waals surface area contributed by atoms with Gasteiger partial charge in [0, 0.05) is 35.9 Å². The molecule has 1 amide bonds. The van der Waals surface area contributed by atoms with Gasteiger partial charge in [0.05, 0.1) is 5.75 Å². The molecular formula is C15H21ClN4OS2. The maximum atomic E-state index is 12.4. The Hall–Kier alpha value is -0.890. The molecule has 3 rings (SSSR count). The van der Waals surface area contributed by atoms with Crippen molar-refractivity contribution >= 4 is 51.6 Å². The van der Waals surface area contributed by atoms with Crippen LogP contribution in [0.15, 0.2) is 11.4 Å². The number of rotatable bonds is 3. The van der Waals surface area contributed by atoms with E-state index < -0.39 is 0 Å². The molecule has 23 heavy (non-hydrogen) atoms. The van der Waals surface area contributed by atoms with Gasteiger partial charge < -0.3 is 10.2 Å². The highest BCUT2D eigenvalue weighted by atomic mass is 35.5. The Morgan fingerprint density at radius 2 is 2.26 bits per heavy atom. The van der Waals surface area contributed by atoms with Crippen molar-refractivity contribution in [3.63, 3.8) is 0 Å². The lowest BCUT2D eigenvalue weighted by Crippen LogP contribution is -2.51. The van der Waals surface area contributed by atoms with Crippen LogP contribution in [0.1, 0.15) is 17.4 Å². The lowest BCUT2D eigenvalue weighted by molar-refractivity contribution is -0.129. The number of piperazine rings is 1. The van der Waals surface area contributed by atoms with Gasteiger partial charge in [0.15, 0.2) is 0 Å². The normalized spacial score (nSPS) is 18.0. The van der Waals surface area contributed by atoms with Crippen LogP contribution in [0, 0.1) is 13.8 Å². The second-order valence-corrected chi connectivity index (χ2v) is 7.79. The molecule has 0 bridgehead atoms. The molecule has 2 aromatic heterocycles. The zero-order valence-corrected chi connectivity index (χ0v) is 15.9. The van der Waals surface area contributed by atoms with Gasteiger partial charge in [0.2, 0.25) is 5.91 Å². The quantitative estimate of drug-likeness (QED) is 0.663. The number of hydrogen-bond acceptors (Lipinski definition) is 6. The predicted octanol–water partition coefficient (Wildman–Crippen LogP) is 2.64. The van der Waals surface area contributed by atoms with E-state index in [-0.39, 0.29) is 18.3 Å². The van der Waals surface area contributed by atoms with E-state index >= 15 is 0 Å². The van der Waals surface area contributed by atoms with Gasteiger partial charge in [-0.05, 0) is 26.3 Å². The first-order chi connectivity index (χ1) is 10.6. The molecule has 1 aliphatic heterocycles. The lowest BCUT2D eigenvalue weighted by Gasteiger charge is -2.31. The van der Waals surface area contributed by atoms with Gasteiger partial charge in [-0.1, -0.05) is 11.8 Å². The van der Waals surface area contributed by atoms with Crippen molar-refractivity contribution in [3.05, 3.63) is 16.8 Å². The van der Waals surface area contributed by atoms with Crippen molar-refractivity contribution < 1.29 is 4.79 Å². The van der Waals surface area contributed by atoms with E-state index in [9.17, 15) is 4.79 Å². The molecule has 1 unspecified atom stereocenters. The van der Waals surface area contributed by atoms with Crippen LogP contribution in [0.3, 0.4) is 0 Å². The first-order valence-corrected chi connectivity index (χ1v) is 9.21. The number of aromatic nitrogens is 2. The van der Waals surface area contributed by atoms with Crippen LogP contribution >= 0.6 is 35.5 Å². The van der Waals surface area contributed by atoms with Crippen LogP contribution in [-0.2, 0) is 4.79 Å². The molecular weight excluding hydrogens is 352 g/mol. The Morgan fingerprint density at radius 1 is 1.48 bits per heavy atom. The third kappa shape index (κ3) is 3.96. The van der Waals surface area contributed by atoms with E-state index in [0.29, 0.717) is 11.8 Å². The van der Waals surface area contributed by atoms with Gasteiger partial charge in [0.25, 0.3) is 0 Å². The third-order valence-corrected chi connectivity index (χ3v) is 6.07. The Morgan fingerprint density at radius 3 is 3.00 bits per heavy atom. The van der Waals surface area contributed by atoms with Gasteiger partial charge in [-0.2, -0.15) is 0 Å². The molecule has 0 spiro atoms. The average molecular weight is 373 g/mol. The molecule has 1 N–H and O–H groups in total. The van der Waals surface area contributed by atoms with Crippen LogP contribution in [0.25, 0.3) is 10.2 Å². The zero-order valence-electron chi connectivity index (χ0n) is 13.5. The Bertz CT molecular complexity index is 706. The van der Waals surface area contributed by atoms with Crippen molar-refractivity contribution in [1.82, 2.24) is 20.2 Å². The van der Waals surface area contributed by atoms with E-state index in [4.69, 9.17) is 0 Å². The second kappa shape index (κ2) is 7.79. The fraction of sp³-hybridized carbons (Fsp3) is 0.533. The fourth-order valence-corrected chi connectivity index (χ4v) is 4.66. The summed E-state index contributed by atoms with van der Waals surface area (Å²) in [7, 11) is 0. The van der Waals surface area contributed by atoms with E-state index in [1.165, 1.54) is 22.2 Å². The number of hydrogen-bond donors (Lipinski definition) is 1. The largest absolute Gasteiger partial charge is 0.339 e. The van der Waals surface area contributed by atoms with Crippen LogP contribution in [-0.4, -0.2) is 52.2 Å². The number of amides is 1. The SMILES string of the molecule is Cc1sc2ncnc(SCC(=O)N3CCNC(C)C3)c2c1C.Cl. The molecule has 1 aliphatic rings. The molecule has 1 fully saturated rings. The molecule has 1 saturated heterocycles. The van der Waals surface area contributed by atoms with Crippen molar-refractivity contribution in [2.24, 2.45) is 0 Å². The highest BCUT2D eigenvalue weighted by Gasteiger charge is 2.21. The highest BCUT2D eigenvalue weighted by molar-refractivity contribution is 8.00. The Labute approximate surface area is 150 Å². The zero-order chi connectivity index (χ0) is 15.7. The molecule has 0 aliphatic carbocycles. The Balaban J connectivity index is 0.00000192. The number of thioether (sulfide) groups is 1. The number of nitrogens with zero attached hydrogens (tertiary/aromatic N) is 3. The fourth-order valence-electron chi connectivity index (χ4n) is 2.64. The monoisotopic (exact) mass is 372 g/mol. The summed E-state index contributed by atoms with van der Waals surface area (Å²) in [6.07, 6.45) is 1.59. The maximum Gasteiger partial charge on any atom is 0.233 e. The van der Waals surface area contributed by atoms with E-state index in [2.05, 4.69) is 36.1 Å². The molecule has 8 heteroatoms. The molecule has 2 aromatic rings. The maximum absolute atomic E-state index is 12.4. The summed E-state index contributed by atoms with van der Waals surface area (Å²) in [5.41, 5.74) is 1.23. The molecule has 3 heterocycles. The first-order valence-electron chi connectivity index (χ1n) is 7.41. The molecule has 1 atom stereocenters. The molecule has 0 aromatic carbocycles. The molecule has 126 valence electrons. The Kier molecular flexibility index (Phi) is 6.25. The first kappa shape index (κ1) is 18.4. The number of thiophene rings is 1. The smallest absolute Gasteiger partial charge is 0.233 e. The van der Waals surface area contributed by atoms with Gasteiger partial charge >= 0.3 is 0 Å². The van der Waals surface area contributed by atoms with Gasteiger partial charge in [0.1, 0.15) is 16.2 Å². The van der Waals surface area contributed by atoms with Crippen molar-refractivity contribution in [2.45, 2.75) is 31.8 Å². The van der Waals surface area contributed by atoms with Crippen LogP contribution in [0.4, 0.5) is 0 Å². The highest BCUT2D eigenvalue weighted by Crippen LogP contribution is 2.34.